The molecule has 1 unspecified atom stereocenters. The fourth-order valence-corrected chi connectivity index (χ4v) is 4.12. The fraction of sp³-hybridized carbons (Fsp3) is 0.381. The number of nitrogens with one attached hydrogen (secondary N) is 1. The number of hydrogen-bond donors (Lipinski definition) is 2. The van der Waals surface area contributed by atoms with Crippen LogP contribution in [0.4, 0.5) is 5.69 Å². The fourth-order valence-electron chi connectivity index (χ4n) is 2.70. The SMILES string of the molecule is CCC(C)c1ccc(NC(N)=NCCCS(=O)(=O)Cc2ccccc2)cc1. The molecule has 0 heterocycles. The Hall–Kier alpha value is -2.34. The van der Waals surface area contributed by atoms with Crippen LogP contribution in [-0.4, -0.2) is 26.7 Å². The Morgan fingerprint density at radius 2 is 1.78 bits per heavy atom. The second kappa shape index (κ2) is 10.1. The van der Waals surface area contributed by atoms with Crippen LogP contribution in [0.1, 0.15) is 43.7 Å². The summed E-state index contributed by atoms with van der Waals surface area (Å²) in [6.07, 6.45) is 1.55. The summed E-state index contributed by atoms with van der Waals surface area (Å²) in [6, 6.07) is 17.3. The predicted octanol–water partition coefficient (Wildman–Crippen LogP) is 3.93. The van der Waals surface area contributed by atoms with E-state index in [2.05, 4.69) is 36.3 Å². The Labute approximate surface area is 162 Å². The van der Waals surface area contributed by atoms with Crippen molar-refractivity contribution in [1.29, 1.82) is 0 Å². The molecule has 146 valence electrons. The lowest BCUT2D eigenvalue weighted by Crippen LogP contribution is -2.23. The van der Waals surface area contributed by atoms with Gasteiger partial charge in [0.15, 0.2) is 15.8 Å². The lowest BCUT2D eigenvalue weighted by Gasteiger charge is -2.11. The highest BCUT2D eigenvalue weighted by molar-refractivity contribution is 7.90. The molecule has 0 spiro atoms. The molecule has 6 heteroatoms. The van der Waals surface area contributed by atoms with Gasteiger partial charge in [-0.2, -0.15) is 0 Å². The molecule has 3 N–H and O–H groups in total. The van der Waals surface area contributed by atoms with Crippen LogP contribution in [0, 0.1) is 0 Å². The van der Waals surface area contributed by atoms with E-state index >= 15 is 0 Å². The van der Waals surface area contributed by atoms with Crippen LogP contribution in [0.15, 0.2) is 59.6 Å². The molecule has 0 aliphatic carbocycles. The zero-order valence-electron chi connectivity index (χ0n) is 16.1. The van der Waals surface area contributed by atoms with Gasteiger partial charge in [-0.05, 0) is 42.0 Å². The smallest absolute Gasteiger partial charge is 0.193 e. The average molecular weight is 388 g/mol. The first-order valence-corrected chi connectivity index (χ1v) is 11.1. The van der Waals surface area contributed by atoms with E-state index < -0.39 is 9.84 Å². The van der Waals surface area contributed by atoms with Crippen molar-refractivity contribution in [3.05, 3.63) is 65.7 Å². The number of hydrogen-bond acceptors (Lipinski definition) is 3. The molecule has 0 bridgehead atoms. The summed E-state index contributed by atoms with van der Waals surface area (Å²) in [5.74, 6) is 0.991. The lowest BCUT2D eigenvalue weighted by molar-refractivity contribution is 0.593. The first kappa shape index (κ1) is 21.0. The van der Waals surface area contributed by atoms with Gasteiger partial charge in [0, 0.05) is 12.2 Å². The van der Waals surface area contributed by atoms with Crippen LogP contribution in [0.2, 0.25) is 0 Å². The molecule has 2 rings (SSSR count). The normalized spacial score (nSPS) is 13.3. The highest BCUT2D eigenvalue weighted by Crippen LogP contribution is 2.20. The van der Waals surface area contributed by atoms with Crippen molar-refractivity contribution in [1.82, 2.24) is 0 Å². The number of nitrogens with zero attached hydrogens (tertiary/aromatic N) is 1. The molecule has 0 fully saturated rings. The van der Waals surface area contributed by atoms with Crippen LogP contribution < -0.4 is 11.1 Å². The summed E-state index contributed by atoms with van der Waals surface area (Å²) in [4.78, 5) is 4.22. The maximum absolute atomic E-state index is 12.2. The predicted molar refractivity (Wildman–Crippen MR) is 114 cm³/mol. The van der Waals surface area contributed by atoms with Gasteiger partial charge in [0.25, 0.3) is 0 Å². The molecule has 0 aliphatic rings. The zero-order valence-corrected chi connectivity index (χ0v) is 16.9. The van der Waals surface area contributed by atoms with E-state index in [9.17, 15) is 8.42 Å². The first-order valence-electron chi connectivity index (χ1n) is 9.31. The van der Waals surface area contributed by atoms with E-state index in [0.717, 1.165) is 17.7 Å². The van der Waals surface area contributed by atoms with E-state index in [1.807, 2.05) is 42.5 Å². The molecule has 0 amide bonds. The Bertz CT molecular complexity index is 831. The summed E-state index contributed by atoms with van der Waals surface area (Å²) in [5, 5.41) is 3.04. The van der Waals surface area contributed by atoms with Crippen LogP contribution in [-0.2, 0) is 15.6 Å². The molecule has 2 aromatic carbocycles. The van der Waals surface area contributed by atoms with Gasteiger partial charge in [-0.15, -0.1) is 0 Å². The third-order valence-electron chi connectivity index (χ3n) is 4.49. The first-order chi connectivity index (χ1) is 12.9. The largest absolute Gasteiger partial charge is 0.370 e. The van der Waals surface area contributed by atoms with E-state index in [0.29, 0.717) is 24.8 Å². The lowest BCUT2D eigenvalue weighted by atomic mass is 9.99. The maximum atomic E-state index is 12.2. The quantitative estimate of drug-likeness (QED) is 0.388. The summed E-state index contributed by atoms with van der Waals surface area (Å²) >= 11 is 0. The Morgan fingerprint density at radius 3 is 2.41 bits per heavy atom. The van der Waals surface area contributed by atoms with Crippen LogP contribution in [0.25, 0.3) is 0 Å². The Morgan fingerprint density at radius 1 is 1.11 bits per heavy atom. The molecule has 0 saturated heterocycles. The standard InChI is InChI=1S/C21H29N3O2S/c1-3-17(2)19-10-12-20(13-11-19)24-21(22)23-14-7-15-27(25,26)16-18-8-5-4-6-9-18/h4-6,8-13,17H,3,7,14-16H2,1-2H3,(H3,22,23,24). The number of nitrogens with two attached hydrogens (primary N) is 1. The molecule has 27 heavy (non-hydrogen) atoms. The summed E-state index contributed by atoms with van der Waals surface area (Å²) in [6.45, 7) is 4.74. The van der Waals surface area contributed by atoms with Gasteiger partial charge in [-0.25, -0.2) is 8.42 Å². The van der Waals surface area contributed by atoms with Crippen molar-refractivity contribution >= 4 is 21.5 Å². The average Bonchev–Trinajstić information content (AvgIpc) is 2.66. The molecular weight excluding hydrogens is 358 g/mol. The minimum atomic E-state index is -3.14. The molecule has 0 radical (unpaired) electrons. The minimum absolute atomic E-state index is 0.0633. The van der Waals surface area contributed by atoms with Gasteiger partial charge < -0.3 is 11.1 Å². The summed E-state index contributed by atoms with van der Waals surface area (Å²) in [7, 11) is -3.14. The zero-order chi connectivity index (χ0) is 19.7. The van der Waals surface area contributed by atoms with Crippen molar-refractivity contribution < 1.29 is 8.42 Å². The molecular formula is C21H29N3O2S. The van der Waals surface area contributed by atoms with Crippen molar-refractivity contribution in [3.8, 4) is 0 Å². The number of guanidine groups is 1. The second-order valence-corrected chi connectivity index (χ2v) is 8.94. The van der Waals surface area contributed by atoms with Crippen molar-refractivity contribution in [3.63, 3.8) is 0 Å². The second-order valence-electron chi connectivity index (χ2n) is 6.75. The Kier molecular flexibility index (Phi) is 7.85. The van der Waals surface area contributed by atoms with E-state index in [-0.39, 0.29) is 11.5 Å². The van der Waals surface area contributed by atoms with Gasteiger partial charge in [0.2, 0.25) is 0 Å². The van der Waals surface area contributed by atoms with Crippen molar-refractivity contribution in [2.45, 2.75) is 38.4 Å². The highest BCUT2D eigenvalue weighted by Gasteiger charge is 2.11. The molecule has 0 aromatic heterocycles. The number of benzene rings is 2. The molecule has 5 nitrogen and oxygen atoms in total. The highest BCUT2D eigenvalue weighted by atomic mass is 32.2. The van der Waals surface area contributed by atoms with Crippen LogP contribution in [0.5, 0.6) is 0 Å². The Balaban J connectivity index is 1.78. The summed E-state index contributed by atoms with van der Waals surface area (Å²) < 4.78 is 24.3. The number of sulfone groups is 1. The van der Waals surface area contributed by atoms with Gasteiger partial charge in [-0.3, -0.25) is 4.99 Å². The van der Waals surface area contributed by atoms with E-state index in [1.165, 1.54) is 5.56 Å². The van der Waals surface area contributed by atoms with Crippen LogP contribution >= 0.6 is 0 Å². The molecule has 1 atom stereocenters. The minimum Gasteiger partial charge on any atom is -0.370 e. The molecule has 0 saturated carbocycles. The maximum Gasteiger partial charge on any atom is 0.193 e. The molecule has 0 aliphatic heterocycles. The van der Waals surface area contributed by atoms with Gasteiger partial charge in [-0.1, -0.05) is 56.3 Å². The van der Waals surface area contributed by atoms with E-state index in [1.54, 1.807) is 0 Å². The van der Waals surface area contributed by atoms with E-state index in [4.69, 9.17) is 5.73 Å². The topological polar surface area (TPSA) is 84.5 Å². The van der Waals surface area contributed by atoms with Gasteiger partial charge >= 0.3 is 0 Å². The van der Waals surface area contributed by atoms with Crippen molar-refractivity contribution in [2.24, 2.45) is 10.7 Å². The molecule has 2 aromatic rings. The third-order valence-corrected chi connectivity index (χ3v) is 6.17. The number of anilines is 1. The van der Waals surface area contributed by atoms with Gasteiger partial charge in [0.05, 0.1) is 11.5 Å². The third kappa shape index (κ3) is 7.43. The summed E-state index contributed by atoms with van der Waals surface area (Å²) in [5.41, 5.74) is 8.87. The number of aliphatic imine (C=N–C) groups is 1. The number of rotatable bonds is 9. The van der Waals surface area contributed by atoms with Gasteiger partial charge in [0.1, 0.15) is 0 Å². The van der Waals surface area contributed by atoms with Crippen LogP contribution in [0.3, 0.4) is 0 Å². The monoisotopic (exact) mass is 387 g/mol. The van der Waals surface area contributed by atoms with Crippen molar-refractivity contribution in [2.75, 3.05) is 17.6 Å².